The lowest BCUT2D eigenvalue weighted by molar-refractivity contribution is -0.120. The molecule has 2 aliphatic rings. The average molecular weight is 332 g/mol. The summed E-state index contributed by atoms with van der Waals surface area (Å²) in [5.74, 6) is 1.54. The number of carbonyl (C=O) groups is 2. The van der Waals surface area contributed by atoms with Crippen LogP contribution in [0.1, 0.15) is 43.6 Å². The molecule has 24 heavy (non-hydrogen) atoms. The van der Waals surface area contributed by atoms with Crippen LogP contribution < -0.4 is 10.1 Å². The molecule has 1 aromatic rings. The third-order valence-electron chi connectivity index (χ3n) is 4.90. The van der Waals surface area contributed by atoms with E-state index in [-0.39, 0.29) is 11.8 Å². The number of hydrogen-bond donors (Lipinski definition) is 1. The van der Waals surface area contributed by atoms with Crippen molar-refractivity contribution in [2.75, 3.05) is 19.7 Å². The highest BCUT2D eigenvalue weighted by Crippen LogP contribution is 2.38. The van der Waals surface area contributed by atoms with Crippen LogP contribution in [0.2, 0.25) is 0 Å². The summed E-state index contributed by atoms with van der Waals surface area (Å²) in [6, 6.07) is 0.314. The van der Waals surface area contributed by atoms with Gasteiger partial charge in [0.25, 0.3) is 5.91 Å². The van der Waals surface area contributed by atoms with Gasteiger partial charge in [-0.2, -0.15) is 0 Å². The number of nitrogens with zero attached hydrogens (tertiary/aromatic N) is 3. The highest BCUT2D eigenvalue weighted by molar-refractivity contribution is 5.92. The summed E-state index contributed by atoms with van der Waals surface area (Å²) in [4.78, 5) is 33.7. The van der Waals surface area contributed by atoms with E-state index in [4.69, 9.17) is 4.74 Å². The third kappa shape index (κ3) is 3.66. The van der Waals surface area contributed by atoms with Crippen LogP contribution in [0.25, 0.3) is 0 Å². The predicted molar refractivity (Wildman–Crippen MR) is 87.5 cm³/mol. The van der Waals surface area contributed by atoms with E-state index in [1.807, 2.05) is 11.8 Å². The minimum atomic E-state index is -0.0641. The predicted octanol–water partition coefficient (Wildman–Crippen LogP) is 1.25. The van der Waals surface area contributed by atoms with Gasteiger partial charge >= 0.3 is 0 Å². The number of carbonyl (C=O) groups excluding carboxylic acids is 2. The summed E-state index contributed by atoms with van der Waals surface area (Å²) in [5.41, 5.74) is 0.365. The second kappa shape index (κ2) is 7.15. The Morgan fingerprint density at radius 1 is 1.29 bits per heavy atom. The molecule has 7 nitrogen and oxygen atoms in total. The maximum atomic E-state index is 12.5. The van der Waals surface area contributed by atoms with E-state index >= 15 is 0 Å². The molecular formula is C17H24N4O3. The fourth-order valence-electron chi connectivity index (χ4n) is 3.62. The fraction of sp³-hybridized carbons (Fsp3) is 0.647. The summed E-state index contributed by atoms with van der Waals surface area (Å²) >= 11 is 0. The van der Waals surface area contributed by atoms with E-state index < -0.39 is 0 Å². The van der Waals surface area contributed by atoms with Crippen molar-refractivity contribution in [3.8, 4) is 5.88 Å². The molecule has 2 amide bonds. The zero-order valence-electron chi connectivity index (χ0n) is 14.2. The maximum absolute atomic E-state index is 12.5. The molecule has 130 valence electrons. The van der Waals surface area contributed by atoms with Crippen molar-refractivity contribution in [1.82, 2.24) is 20.2 Å². The first kappa shape index (κ1) is 16.7. The monoisotopic (exact) mass is 332 g/mol. The third-order valence-corrected chi connectivity index (χ3v) is 4.90. The van der Waals surface area contributed by atoms with E-state index in [0.29, 0.717) is 36.1 Å². The van der Waals surface area contributed by atoms with Gasteiger partial charge in [-0.05, 0) is 38.0 Å². The van der Waals surface area contributed by atoms with Gasteiger partial charge in [0.05, 0.1) is 19.0 Å². The van der Waals surface area contributed by atoms with Gasteiger partial charge in [0.1, 0.15) is 5.69 Å². The largest absolute Gasteiger partial charge is 0.477 e. The lowest BCUT2D eigenvalue weighted by Gasteiger charge is -2.39. The Hall–Kier alpha value is -2.18. The molecule has 1 aliphatic carbocycles. The van der Waals surface area contributed by atoms with Gasteiger partial charge in [0.15, 0.2) is 0 Å². The summed E-state index contributed by atoms with van der Waals surface area (Å²) in [6.45, 7) is 5.49. The van der Waals surface area contributed by atoms with Crippen LogP contribution in [-0.2, 0) is 4.79 Å². The highest BCUT2D eigenvalue weighted by atomic mass is 16.5. The Kier molecular flexibility index (Phi) is 4.97. The molecule has 0 radical (unpaired) electrons. The van der Waals surface area contributed by atoms with Crippen molar-refractivity contribution in [2.24, 2.45) is 11.8 Å². The topological polar surface area (TPSA) is 84.4 Å². The number of nitrogens with one attached hydrogen (secondary N) is 1. The number of aromatic nitrogens is 2. The van der Waals surface area contributed by atoms with E-state index in [9.17, 15) is 9.59 Å². The molecule has 0 bridgehead atoms. The van der Waals surface area contributed by atoms with Crippen LogP contribution in [0.4, 0.5) is 0 Å². The summed E-state index contributed by atoms with van der Waals surface area (Å²) in [7, 11) is 0. The SMILES string of the molecule is CCOc1cnc(C(=O)N2CCC(C3CC(NC(C)=O)C3)C2)cn1. The molecule has 1 N–H and O–H groups in total. The molecule has 0 aromatic carbocycles. The molecule has 7 heteroatoms. The molecule has 0 spiro atoms. The van der Waals surface area contributed by atoms with Gasteiger partial charge in [-0.15, -0.1) is 0 Å². The van der Waals surface area contributed by atoms with Gasteiger partial charge in [0, 0.05) is 26.1 Å². The molecular weight excluding hydrogens is 308 g/mol. The van der Waals surface area contributed by atoms with Gasteiger partial charge in [-0.3, -0.25) is 9.59 Å². The number of likely N-dealkylation sites (tertiary alicyclic amines) is 1. The molecule has 3 rings (SSSR count). The zero-order chi connectivity index (χ0) is 17.1. The Morgan fingerprint density at radius 3 is 2.71 bits per heavy atom. The summed E-state index contributed by atoms with van der Waals surface area (Å²) in [6.07, 6.45) is 6.04. The molecule has 1 aliphatic heterocycles. The molecule has 1 saturated carbocycles. The van der Waals surface area contributed by atoms with Gasteiger partial charge in [0.2, 0.25) is 11.8 Å². The minimum Gasteiger partial charge on any atom is -0.477 e. The van der Waals surface area contributed by atoms with Crippen LogP contribution in [0, 0.1) is 11.8 Å². The van der Waals surface area contributed by atoms with E-state index in [2.05, 4.69) is 15.3 Å². The van der Waals surface area contributed by atoms with Crippen LogP contribution in [-0.4, -0.2) is 52.4 Å². The van der Waals surface area contributed by atoms with Crippen LogP contribution in [0.15, 0.2) is 12.4 Å². The average Bonchev–Trinajstić information content (AvgIpc) is 3.00. The molecule has 1 unspecified atom stereocenters. The second-order valence-corrected chi connectivity index (χ2v) is 6.60. The van der Waals surface area contributed by atoms with Gasteiger partial charge in [-0.1, -0.05) is 0 Å². The molecule has 2 fully saturated rings. The van der Waals surface area contributed by atoms with Crippen molar-refractivity contribution < 1.29 is 14.3 Å². The Bertz CT molecular complexity index is 598. The highest BCUT2D eigenvalue weighted by Gasteiger charge is 2.39. The Labute approximate surface area is 141 Å². The minimum absolute atomic E-state index is 0.0377. The number of amides is 2. The smallest absolute Gasteiger partial charge is 0.274 e. The lowest BCUT2D eigenvalue weighted by Crippen LogP contribution is -2.46. The first-order valence-electron chi connectivity index (χ1n) is 8.58. The van der Waals surface area contributed by atoms with Crippen molar-refractivity contribution in [1.29, 1.82) is 0 Å². The standard InChI is InChI=1S/C17H24N4O3/c1-3-24-16-9-18-15(8-19-16)17(23)21-5-4-12(10-21)13-6-14(7-13)20-11(2)22/h8-9,12-14H,3-7,10H2,1-2H3,(H,20,22). The van der Waals surface area contributed by atoms with Gasteiger partial charge < -0.3 is 15.0 Å². The number of ether oxygens (including phenoxy) is 1. The van der Waals surface area contributed by atoms with Gasteiger partial charge in [-0.25, -0.2) is 9.97 Å². The fourth-order valence-corrected chi connectivity index (χ4v) is 3.62. The molecule has 2 heterocycles. The van der Waals surface area contributed by atoms with Crippen molar-refractivity contribution in [3.05, 3.63) is 18.1 Å². The number of hydrogen-bond acceptors (Lipinski definition) is 5. The Morgan fingerprint density at radius 2 is 2.08 bits per heavy atom. The molecule has 1 atom stereocenters. The normalized spacial score (nSPS) is 25.9. The lowest BCUT2D eigenvalue weighted by atomic mass is 9.72. The summed E-state index contributed by atoms with van der Waals surface area (Å²) in [5, 5.41) is 2.96. The van der Waals surface area contributed by atoms with Crippen LogP contribution in [0.5, 0.6) is 5.88 Å². The molecule has 1 saturated heterocycles. The first-order chi connectivity index (χ1) is 11.6. The van der Waals surface area contributed by atoms with Crippen molar-refractivity contribution >= 4 is 11.8 Å². The number of rotatable bonds is 5. The van der Waals surface area contributed by atoms with E-state index in [1.165, 1.54) is 12.4 Å². The van der Waals surface area contributed by atoms with Crippen molar-refractivity contribution in [2.45, 2.75) is 39.2 Å². The van der Waals surface area contributed by atoms with E-state index in [1.54, 1.807) is 6.92 Å². The maximum Gasteiger partial charge on any atom is 0.274 e. The Balaban J connectivity index is 1.50. The first-order valence-corrected chi connectivity index (χ1v) is 8.58. The quantitative estimate of drug-likeness (QED) is 0.877. The zero-order valence-corrected chi connectivity index (χ0v) is 14.2. The van der Waals surface area contributed by atoms with Crippen LogP contribution in [0.3, 0.4) is 0 Å². The van der Waals surface area contributed by atoms with Crippen molar-refractivity contribution in [3.63, 3.8) is 0 Å². The molecule has 1 aromatic heterocycles. The summed E-state index contributed by atoms with van der Waals surface area (Å²) < 4.78 is 5.25. The van der Waals surface area contributed by atoms with Crippen LogP contribution >= 0.6 is 0 Å². The van der Waals surface area contributed by atoms with E-state index in [0.717, 1.165) is 32.4 Å². The second-order valence-electron chi connectivity index (χ2n) is 6.60.